The molecular weight excluding hydrogens is 220 g/mol. The highest BCUT2D eigenvalue weighted by atomic mass is 16.3. The Bertz CT molecular complexity index is 391. The topological polar surface area (TPSA) is 20.2 Å². The summed E-state index contributed by atoms with van der Waals surface area (Å²) in [5.74, 6) is 1.29. The Hall–Kier alpha value is -0.820. The Kier molecular flexibility index (Phi) is 3.82. The Labute approximate surface area is 111 Å². The van der Waals surface area contributed by atoms with Gasteiger partial charge >= 0.3 is 0 Å². The average Bonchev–Trinajstić information content (AvgIpc) is 2.10. The number of rotatable bonds is 2. The van der Waals surface area contributed by atoms with Crippen molar-refractivity contribution >= 4 is 0 Å². The molecule has 1 fully saturated rings. The van der Waals surface area contributed by atoms with Crippen LogP contribution >= 0.6 is 0 Å². The minimum absolute atomic E-state index is 0.489. The van der Waals surface area contributed by atoms with Gasteiger partial charge in [0.15, 0.2) is 0 Å². The van der Waals surface area contributed by atoms with Crippen molar-refractivity contribution in [2.45, 2.75) is 59.0 Å². The zero-order valence-electron chi connectivity index (χ0n) is 12.2. The van der Waals surface area contributed by atoms with Crippen LogP contribution in [0.15, 0.2) is 18.2 Å². The first-order chi connectivity index (χ1) is 8.36. The molecule has 18 heavy (non-hydrogen) atoms. The summed E-state index contributed by atoms with van der Waals surface area (Å²) in [5.41, 5.74) is 3.39. The van der Waals surface area contributed by atoms with E-state index in [0.717, 1.165) is 19.3 Å². The fourth-order valence-electron chi connectivity index (χ4n) is 3.93. The predicted octanol–water partition coefficient (Wildman–Crippen LogP) is 4.03. The first kappa shape index (κ1) is 13.6. The van der Waals surface area contributed by atoms with Crippen LogP contribution in [0.5, 0.6) is 0 Å². The standard InChI is InChI=1S/C17H26O/c1-12-5-13(2)8-16(7-12)11-17(18)9-14(3)6-15(4)10-17/h5,7-8,14-15,18H,6,9-11H2,1-4H3. The van der Waals surface area contributed by atoms with Gasteiger partial charge in [0.1, 0.15) is 0 Å². The number of benzene rings is 1. The third-order valence-electron chi connectivity index (χ3n) is 4.08. The molecule has 1 heteroatoms. The summed E-state index contributed by atoms with van der Waals surface area (Å²) < 4.78 is 0. The Morgan fingerprint density at radius 1 is 1.06 bits per heavy atom. The van der Waals surface area contributed by atoms with Gasteiger partial charge in [0.2, 0.25) is 0 Å². The molecule has 1 aromatic rings. The van der Waals surface area contributed by atoms with Crippen LogP contribution in [0.4, 0.5) is 0 Å². The quantitative estimate of drug-likeness (QED) is 0.835. The second-order valence-electron chi connectivity index (χ2n) is 6.75. The molecule has 2 atom stereocenters. The molecule has 0 bridgehead atoms. The van der Waals surface area contributed by atoms with Crippen molar-refractivity contribution in [3.8, 4) is 0 Å². The molecule has 2 unspecified atom stereocenters. The lowest BCUT2D eigenvalue weighted by Crippen LogP contribution is -2.39. The largest absolute Gasteiger partial charge is 0.390 e. The molecule has 1 aliphatic rings. The van der Waals surface area contributed by atoms with Crippen molar-refractivity contribution in [2.75, 3.05) is 0 Å². The van der Waals surface area contributed by atoms with E-state index < -0.39 is 5.60 Å². The number of aliphatic hydroxyl groups is 1. The molecule has 1 N–H and O–H groups in total. The molecule has 0 heterocycles. The van der Waals surface area contributed by atoms with Gasteiger partial charge in [0, 0.05) is 6.42 Å². The molecule has 100 valence electrons. The maximum atomic E-state index is 10.8. The minimum atomic E-state index is -0.489. The molecule has 1 aromatic carbocycles. The number of hydrogen-bond donors (Lipinski definition) is 1. The zero-order chi connectivity index (χ0) is 13.3. The predicted molar refractivity (Wildman–Crippen MR) is 76.7 cm³/mol. The first-order valence-electron chi connectivity index (χ1n) is 7.16. The van der Waals surface area contributed by atoms with Crippen LogP contribution in [0.3, 0.4) is 0 Å². The maximum absolute atomic E-state index is 10.8. The molecular formula is C17H26O. The van der Waals surface area contributed by atoms with E-state index in [1.165, 1.54) is 23.1 Å². The summed E-state index contributed by atoms with van der Waals surface area (Å²) >= 11 is 0. The molecule has 0 amide bonds. The monoisotopic (exact) mass is 246 g/mol. The van der Waals surface area contributed by atoms with E-state index in [1.54, 1.807) is 0 Å². The first-order valence-corrected chi connectivity index (χ1v) is 7.16. The van der Waals surface area contributed by atoms with Crippen LogP contribution < -0.4 is 0 Å². The van der Waals surface area contributed by atoms with Crippen molar-refractivity contribution in [2.24, 2.45) is 11.8 Å². The van der Waals surface area contributed by atoms with E-state index in [9.17, 15) is 5.11 Å². The number of aryl methyl sites for hydroxylation is 2. The van der Waals surface area contributed by atoms with Gasteiger partial charge in [0.05, 0.1) is 5.60 Å². The summed E-state index contributed by atoms with van der Waals surface area (Å²) in [6.45, 7) is 8.80. The zero-order valence-corrected chi connectivity index (χ0v) is 12.2. The van der Waals surface area contributed by atoms with E-state index in [0.29, 0.717) is 11.8 Å². The highest BCUT2D eigenvalue weighted by Gasteiger charge is 2.35. The van der Waals surface area contributed by atoms with Crippen LogP contribution in [0.2, 0.25) is 0 Å². The highest BCUT2D eigenvalue weighted by molar-refractivity contribution is 5.29. The second kappa shape index (κ2) is 5.05. The van der Waals surface area contributed by atoms with Crippen molar-refractivity contribution in [3.63, 3.8) is 0 Å². The van der Waals surface area contributed by atoms with E-state index in [-0.39, 0.29) is 0 Å². The normalized spacial score (nSPS) is 32.5. The van der Waals surface area contributed by atoms with Gasteiger partial charge in [-0.2, -0.15) is 0 Å². The van der Waals surface area contributed by atoms with Gasteiger partial charge in [-0.1, -0.05) is 43.2 Å². The summed E-state index contributed by atoms with van der Waals surface area (Å²) in [5, 5.41) is 10.8. The lowest BCUT2D eigenvalue weighted by molar-refractivity contribution is -0.0304. The van der Waals surface area contributed by atoms with Gasteiger partial charge in [0.25, 0.3) is 0 Å². The van der Waals surface area contributed by atoms with Crippen LogP contribution in [-0.2, 0) is 6.42 Å². The van der Waals surface area contributed by atoms with E-state index >= 15 is 0 Å². The van der Waals surface area contributed by atoms with Crippen LogP contribution in [0.1, 0.15) is 49.8 Å². The molecule has 1 nitrogen and oxygen atoms in total. The average molecular weight is 246 g/mol. The van der Waals surface area contributed by atoms with Crippen molar-refractivity contribution in [1.29, 1.82) is 0 Å². The van der Waals surface area contributed by atoms with Crippen LogP contribution in [0.25, 0.3) is 0 Å². The fourth-order valence-corrected chi connectivity index (χ4v) is 3.93. The fraction of sp³-hybridized carbons (Fsp3) is 0.647. The lowest BCUT2D eigenvalue weighted by atomic mass is 9.71. The van der Waals surface area contributed by atoms with Gasteiger partial charge < -0.3 is 5.11 Å². The van der Waals surface area contributed by atoms with Gasteiger partial charge in [-0.15, -0.1) is 0 Å². The molecule has 1 saturated carbocycles. The summed E-state index contributed by atoms with van der Waals surface area (Å²) in [6, 6.07) is 6.63. The highest BCUT2D eigenvalue weighted by Crippen LogP contribution is 2.38. The van der Waals surface area contributed by atoms with E-state index in [4.69, 9.17) is 0 Å². The molecule has 0 spiro atoms. The molecule has 0 radical (unpaired) electrons. The van der Waals surface area contributed by atoms with Gasteiger partial charge in [-0.05, 0) is 50.5 Å². The lowest BCUT2D eigenvalue weighted by Gasteiger charge is -2.39. The molecule has 2 rings (SSSR count). The Balaban J connectivity index is 2.16. The third kappa shape index (κ3) is 3.35. The number of hydrogen-bond acceptors (Lipinski definition) is 1. The van der Waals surface area contributed by atoms with Gasteiger partial charge in [-0.25, -0.2) is 0 Å². The molecule has 0 aliphatic heterocycles. The van der Waals surface area contributed by atoms with Crippen molar-refractivity contribution < 1.29 is 5.11 Å². The summed E-state index contributed by atoms with van der Waals surface area (Å²) in [6.07, 6.45) is 3.97. The molecule has 1 aliphatic carbocycles. The van der Waals surface area contributed by atoms with Crippen LogP contribution in [-0.4, -0.2) is 10.7 Å². The minimum Gasteiger partial charge on any atom is -0.390 e. The summed E-state index contributed by atoms with van der Waals surface area (Å²) in [7, 11) is 0. The smallest absolute Gasteiger partial charge is 0.0693 e. The SMILES string of the molecule is Cc1cc(C)cc(CC2(O)CC(C)CC(C)C2)c1. The second-order valence-corrected chi connectivity index (χ2v) is 6.75. The van der Waals surface area contributed by atoms with E-state index in [2.05, 4.69) is 45.9 Å². The van der Waals surface area contributed by atoms with E-state index in [1.807, 2.05) is 0 Å². The molecule has 0 saturated heterocycles. The van der Waals surface area contributed by atoms with Crippen molar-refractivity contribution in [1.82, 2.24) is 0 Å². The van der Waals surface area contributed by atoms with Crippen molar-refractivity contribution in [3.05, 3.63) is 34.9 Å². The third-order valence-corrected chi connectivity index (χ3v) is 4.08. The van der Waals surface area contributed by atoms with Crippen LogP contribution in [0, 0.1) is 25.7 Å². The van der Waals surface area contributed by atoms with Gasteiger partial charge in [-0.3, -0.25) is 0 Å². The Morgan fingerprint density at radius 3 is 2.06 bits per heavy atom. The molecule has 0 aromatic heterocycles. The summed E-state index contributed by atoms with van der Waals surface area (Å²) in [4.78, 5) is 0. The Morgan fingerprint density at radius 2 is 1.56 bits per heavy atom. The maximum Gasteiger partial charge on any atom is 0.0693 e.